The maximum atomic E-state index is 9.78. The molecule has 0 aliphatic heterocycles. The maximum absolute atomic E-state index is 9.78. The second-order valence-electron chi connectivity index (χ2n) is 6.72. The Bertz CT molecular complexity index is 1420. The van der Waals surface area contributed by atoms with Gasteiger partial charge in [0.25, 0.3) is 0 Å². The van der Waals surface area contributed by atoms with Crippen molar-refractivity contribution >= 4 is 27.5 Å². The minimum absolute atomic E-state index is 0.0159. The summed E-state index contributed by atoms with van der Waals surface area (Å²) < 4.78 is 0.476. The molecule has 0 N–H and O–H groups in total. The third-order valence-electron chi connectivity index (χ3n) is 4.78. The largest absolute Gasteiger partial charge is 0.192 e. The van der Waals surface area contributed by atoms with Crippen LogP contribution in [-0.4, -0.2) is 0 Å². The molecule has 0 aliphatic carbocycles. The number of halogens is 2. The summed E-state index contributed by atoms with van der Waals surface area (Å²) in [5, 5.41) is 58.3. The molecule has 0 saturated heterocycles. The summed E-state index contributed by atoms with van der Waals surface area (Å²) in [7, 11) is 0. The van der Waals surface area contributed by atoms with E-state index in [2.05, 4.69) is 22.0 Å². The van der Waals surface area contributed by atoms with E-state index in [0.717, 1.165) is 0 Å². The predicted octanol–water partition coefficient (Wildman–Crippen LogP) is 5.78. The molecule has 0 saturated carbocycles. The summed E-state index contributed by atoms with van der Waals surface area (Å²) in [6, 6.07) is 20.6. The van der Waals surface area contributed by atoms with Crippen LogP contribution < -0.4 is 0 Å². The van der Waals surface area contributed by atoms with Crippen LogP contribution in [0.1, 0.15) is 38.9 Å². The van der Waals surface area contributed by atoms with Crippen molar-refractivity contribution in [3.63, 3.8) is 0 Å². The average molecular weight is 507 g/mol. The normalized spacial score (nSPS) is 9.48. The van der Waals surface area contributed by atoms with Gasteiger partial charge in [-0.2, -0.15) is 31.6 Å². The highest BCUT2D eigenvalue weighted by Gasteiger charge is 2.27. The third-order valence-corrected chi connectivity index (χ3v) is 5.62. The molecule has 151 valence electrons. The first kappa shape index (κ1) is 23.0. The van der Waals surface area contributed by atoms with Gasteiger partial charge in [-0.3, -0.25) is 0 Å². The highest BCUT2D eigenvalue weighted by molar-refractivity contribution is 9.10. The second kappa shape index (κ2) is 9.25. The molecule has 1 radical (unpaired) electrons. The summed E-state index contributed by atoms with van der Waals surface area (Å²) in [5.74, 6) is 0. The topological polar surface area (TPSA) is 143 Å². The van der Waals surface area contributed by atoms with E-state index in [9.17, 15) is 31.6 Å². The van der Waals surface area contributed by atoms with Gasteiger partial charge in [-0.1, -0.05) is 27.5 Å². The quantitative estimate of drug-likeness (QED) is 0.431. The lowest BCUT2D eigenvalue weighted by Crippen LogP contribution is -2.01. The van der Waals surface area contributed by atoms with Crippen LogP contribution in [0, 0.1) is 81.0 Å². The Hall–Kier alpha value is -4.63. The average Bonchev–Trinajstić information content (AvgIpc) is 2.82. The summed E-state index contributed by atoms with van der Waals surface area (Å²) in [4.78, 5) is 0. The summed E-state index contributed by atoms with van der Waals surface area (Å²) >= 11 is 10.0. The van der Waals surface area contributed by atoms with Gasteiger partial charge in [-0.25, -0.2) is 0 Å². The van der Waals surface area contributed by atoms with Crippen molar-refractivity contribution < 1.29 is 0 Å². The Morgan fingerprint density at radius 1 is 0.636 bits per heavy atom. The molecular weight excluding hydrogens is 500 g/mol. The van der Waals surface area contributed by atoms with Crippen molar-refractivity contribution in [2.45, 2.75) is 6.92 Å². The Morgan fingerprint density at radius 2 is 1.00 bits per heavy atom. The molecule has 6 nitrogen and oxygen atoms in total. The van der Waals surface area contributed by atoms with Crippen LogP contribution in [0.4, 0.5) is 0 Å². The van der Waals surface area contributed by atoms with Crippen molar-refractivity contribution in [1.82, 2.24) is 0 Å². The molecule has 0 bridgehead atoms. The number of nitriles is 6. The SMILES string of the molecule is Cc1cc(C#N)c(-c2c(C#N)[c]c(C#N)c(-c3c(C#N)cc(Br)cc3C#N)c2Cl)c(C#N)c1. The monoisotopic (exact) mass is 505 g/mol. The van der Waals surface area contributed by atoms with Gasteiger partial charge in [0.1, 0.15) is 12.1 Å². The molecule has 3 aromatic rings. The van der Waals surface area contributed by atoms with Crippen LogP contribution in [0.15, 0.2) is 28.7 Å². The number of aryl methyl sites for hydroxylation is 1. The second-order valence-corrected chi connectivity index (χ2v) is 8.01. The van der Waals surface area contributed by atoms with Crippen LogP contribution in [0.5, 0.6) is 0 Å². The Kier molecular flexibility index (Phi) is 6.46. The van der Waals surface area contributed by atoms with Gasteiger partial charge in [0.15, 0.2) is 0 Å². The Morgan fingerprint density at radius 3 is 1.33 bits per heavy atom. The molecule has 0 aromatic heterocycles. The number of hydrogen-bond donors (Lipinski definition) is 0. The van der Waals surface area contributed by atoms with Crippen LogP contribution in [0.25, 0.3) is 22.3 Å². The lowest BCUT2D eigenvalue weighted by atomic mass is 9.84. The molecule has 0 aliphatic rings. The zero-order valence-electron chi connectivity index (χ0n) is 16.7. The fourth-order valence-electron chi connectivity index (χ4n) is 3.52. The standard InChI is InChI=1S/C25H7BrClN6/c1-13-2-14(7-28)21(15(3-13)8-29)23-16(9-30)4-17(10-31)24(25(23)27)22-18(11-32)5-20(26)6-19(22)12-33/h2-3,5-6H,1H3. The zero-order chi connectivity index (χ0) is 24.3. The predicted molar refractivity (Wildman–Crippen MR) is 122 cm³/mol. The summed E-state index contributed by atoms with van der Waals surface area (Å²) in [6.07, 6.45) is 0. The van der Waals surface area contributed by atoms with Gasteiger partial charge in [0.2, 0.25) is 0 Å². The fraction of sp³-hybridized carbons (Fsp3) is 0.0400. The molecule has 0 spiro atoms. The van der Waals surface area contributed by atoms with E-state index in [4.69, 9.17) is 11.6 Å². The van der Waals surface area contributed by atoms with Crippen LogP contribution in [0.3, 0.4) is 0 Å². The number of rotatable bonds is 2. The summed E-state index contributed by atoms with van der Waals surface area (Å²) in [5.41, 5.74) is 0.938. The van der Waals surface area contributed by atoms with Crippen LogP contribution in [-0.2, 0) is 0 Å². The Labute approximate surface area is 203 Å². The molecule has 8 heteroatoms. The highest BCUT2D eigenvalue weighted by Crippen LogP contribution is 2.45. The van der Waals surface area contributed by atoms with Gasteiger partial charge in [0, 0.05) is 32.8 Å². The third kappa shape index (κ3) is 3.88. The van der Waals surface area contributed by atoms with Crippen molar-refractivity contribution in [3.8, 4) is 58.7 Å². The number of hydrogen-bond acceptors (Lipinski definition) is 6. The van der Waals surface area contributed by atoms with Gasteiger partial charge < -0.3 is 0 Å². The first-order chi connectivity index (χ1) is 15.8. The van der Waals surface area contributed by atoms with Gasteiger partial charge in [-0.15, -0.1) is 0 Å². The van der Waals surface area contributed by atoms with Crippen molar-refractivity contribution in [2.75, 3.05) is 0 Å². The van der Waals surface area contributed by atoms with E-state index < -0.39 is 0 Å². The van der Waals surface area contributed by atoms with E-state index >= 15 is 0 Å². The Balaban J connectivity index is 2.64. The minimum atomic E-state index is -0.153. The number of benzene rings is 3. The van der Waals surface area contributed by atoms with E-state index in [1.54, 1.807) is 19.1 Å². The molecular formula is C25H7BrClN6. The van der Waals surface area contributed by atoms with E-state index in [-0.39, 0.29) is 60.7 Å². The van der Waals surface area contributed by atoms with E-state index in [0.29, 0.717) is 10.0 Å². The molecule has 3 rings (SSSR count). The minimum Gasteiger partial charge on any atom is -0.192 e. The van der Waals surface area contributed by atoms with Gasteiger partial charge in [0.05, 0.1) is 62.7 Å². The molecule has 0 amide bonds. The molecule has 33 heavy (non-hydrogen) atoms. The van der Waals surface area contributed by atoms with E-state index in [1.807, 2.05) is 36.4 Å². The van der Waals surface area contributed by atoms with Gasteiger partial charge >= 0.3 is 0 Å². The molecule has 0 atom stereocenters. The van der Waals surface area contributed by atoms with Crippen molar-refractivity contribution in [2.24, 2.45) is 0 Å². The lowest BCUT2D eigenvalue weighted by molar-refractivity contribution is 1.36. The van der Waals surface area contributed by atoms with Crippen LogP contribution in [0.2, 0.25) is 5.02 Å². The van der Waals surface area contributed by atoms with Crippen molar-refractivity contribution in [1.29, 1.82) is 31.6 Å². The first-order valence-corrected chi connectivity index (χ1v) is 10.2. The molecule has 0 fully saturated rings. The molecule has 0 unspecified atom stereocenters. The highest BCUT2D eigenvalue weighted by atomic mass is 79.9. The zero-order valence-corrected chi connectivity index (χ0v) is 19.1. The maximum Gasteiger partial charge on any atom is 0.101 e. The van der Waals surface area contributed by atoms with Crippen molar-refractivity contribution in [3.05, 3.63) is 78.8 Å². The summed E-state index contributed by atoms with van der Waals surface area (Å²) in [6.45, 7) is 1.72. The van der Waals surface area contributed by atoms with Gasteiger partial charge in [-0.05, 0) is 36.8 Å². The molecule has 3 aromatic carbocycles. The van der Waals surface area contributed by atoms with E-state index in [1.165, 1.54) is 12.1 Å². The molecule has 0 heterocycles. The smallest absolute Gasteiger partial charge is 0.101 e. The lowest BCUT2D eigenvalue weighted by Gasteiger charge is -2.18. The van der Waals surface area contributed by atoms with Crippen LogP contribution >= 0.6 is 27.5 Å². The number of nitrogens with zero attached hydrogens (tertiary/aromatic N) is 6. The fourth-order valence-corrected chi connectivity index (χ4v) is 4.35. The first-order valence-electron chi connectivity index (χ1n) is 9.03.